The third-order valence-corrected chi connectivity index (χ3v) is 3.97. The molecule has 5 heteroatoms. The maximum absolute atomic E-state index is 12.2. The molecule has 1 fully saturated rings. The third-order valence-electron chi connectivity index (χ3n) is 3.97. The highest BCUT2D eigenvalue weighted by Crippen LogP contribution is 2.36. The van der Waals surface area contributed by atoms with Crippen LogP contribution in [0, 0.1) is 19.3 Å². The van der Waals surface area contributed by atoms with Gasteiger partial charge >= 0.3 is 0 Å². The Labute approximate surface area is 113 Å². The van der Waals surface area contributed by atoms with Gasteiger partial charge in [0, 0.05) is 12.0 Å². The SMILES string of the molecule is Cc1cc(C(=O)NCC2(CO)CCCC2)c(C)nn1. The van der Waals surface area contributed by atoms with E-state index in [9.17, 15) is 9.90 Å². The first-order chi connectivity index (χ1) is 9.06. The summed E-state index contributed by atoms with van der Waals surface area (Å²) in [5, 5.41) is 20.3. The smallest absolute Gasteiger partial charge is 0.253 e. The first kappa shape index (κ1) is 13.9. The molecule has 0 aliphatic heterocycles. The van der Waals surface area contributed by atoms with E-state index in [0.29, 0.717) is 17.8 Å². The Hall–Kier alpha value is -1.49. The Bertz CT molecular complexity index is 468. The molecule has 1 aliphatic carbocycles. The summed E-state index contributed by atoms with van der Waals surface area (Å²) in [6, 6.07) is 1.75. The van der Waals surface area contributed by atoms with Gasteiger partial charge in [0.1, 0.15) is 0 Å². The number of hydrogen-bond donors (Lipinski definition) is 2. The van der Waals surface area contributed by atoms with Gasteiger partial charge in [0.2, 0.25) is 0 Å². The van der Waals surface area contributed by atoms with Crippen LogP contribution in [0.25, 0.3) is 0 Å². The van der Waals surface area contributed by atoms with Crippen molar-refractivity contribution in [3.63, 3.8) is 0 Å². The summed E-state index contributed by atoms with van der Waals surface area (Å²) in [6.07, 6.45) is 4.23. The molecule has 0 saturated heterocycles. The van der Waals surface area contributed by atoms with E-state index in [4.69, 9.17) is 0 Å². The minimum Gasteiger partial charge on any atom is -0.396 e. The summed E-state index contributed by atoms with van der Waals surface area (Å²) < 4.78 is 0. The van der Waals surface area contributed by atoms with Crippen LogP contribution in [0.5, 0.6) is 0 Å². The van der Waals surface area contributed by atoms with E-state index >= 15 is 0 Å². The lowest BCUT2D eigenvalue weighted by molar-refractivity contribution is 0.0879. The lowest BCUT2D eigenvalue weighted by atomic mass is 9.87. The number of carbonyl (C=O) groups excluding carboxylic acids is 1. The second-order valence-corrected chi connectivity index (χ2v) is 5.53. The van der Waals surface area contributed by atoms with Crippen molar-refractivity contribution in [1.29, 1.82) is 0 Å². The number of hydrogen-bond acceptors (Lipinski definition) is 4. The van der Waals surface area contributed by atoms with Crippen molar-refractivity contribution in [1.82, 2.24) is 15.5 Å². The van der Waals surface area contributed by atoms with E-state index in [2.05, 4.69) is 15.5 Å². The summed E-state index contributed by atoms with van der Waals surface area (Å²) in [5.41, 5.74) is 1.80. The van der Waals surface area contributed by atoms with Crippen LogP contribution in [0.1, 0.15) is 47.4 Å². The van der Waals surface area contributed by atoms with Gasteiger partial charge in [-0.2, -0.15) is 10.2 Å². The topological polar surface area (TPSA) is 75.1 Å². The molecule has 1 heterocycles. The quantitative estimate of drug-likeness (QED) is 0.860. The minimum atomic E-state index is -0.129. The number of aryl methyl sites for hydroxylation is 2. The lowest BCUT2D eigenvalue weighted by Gasteiger charge is -2.26. The molecule has 104 valence electrons. The number of aliphatic hydroxyl groups excluding tert-OH is 1. The van der Waals surface area contributed by atoms with Crippen LogP contribution in [0.15, 0.2) is 6.07 Å². The molecule has 0 atom stereocenters. The molecule has 1 aliphatic rings. The average Bonchev–Trinajstić information content (AvgIpc) is 2.88. The summed E-state index contributed by atoms with van der Waals surface area (Å²) in [7, 11) is 0. The molecule has 0 spiro atoms. The van der Waals surface area contributed by atoms with E-state index in [1.807, 2.05) is 6.92 Å². The third kappa shape index (κ3) is 3.10. The molecule has 0 radical (unpaired) electrons. The second kappa shape index (κ2) is 5.65. The molecule has 5 nitrogen and oxygen atoms in total. The largest absolute Gasteiger partial charge is 0.396 e. The van der Waals surface area contributed by atoms with Crippen LogP contribution in [0.4, 0.5) is 0 Å². The van der Waals surface area contributed by atoms with Crippen LogP contribution in [-0.2, 0) is 0 Å². The molecule has 0 bridgehead atoms. The Morgan fingerprint density at radius 3 is 2.68 bits per heavy atom. The highest BCUT2D eigenvalue weighted by Gasteiger charge is 2.33. The number of rotatable bonds is 4. The zero-order valence-electron chi connectivity index (χ0n) is 11.6. The average molecular weight is 263 g/mol. The molecule has 1 amide bonds. The molecule has 0 unspecified atom stereocenters. The number of amides is 1. The monoisotopic (exact) mass is 263 g/mol. The van der Waals surface area contributed by atoms with Crippen molar-refractivity contribution in [2.45, 2.75) is 39.5 Å². The van der Waals surface area contributed by atoms with E-state index in [0.717, 1.165) is 31.4 Å². The van der Waals surface area contributed by atoms with Crippen molar-refractivity contribution in [2.24, 2.45) is 5.41 Å². The lowest BCUT2D eigenvalue weighted by Crippen LogP contribution is -2.38. The fourth-order valence-electron chi connectivity index (χ4n) is 2.66. The van der Waals surface area contributed by atoms with Gasteiger partial charge in [-0.05, 0) is 32.8 Å². The van der Waals surface area contributed by atoms with Gasteiger partial charge in [-0.3, -0.25) is 4.79 Å². The zero-order valence-corrected chi connectivity index (χ0v) is 11.6. The number of nitrogens with one attached hydrogen (secondary N) is 1. The van der Waals surface area contributed by atoms with Crippen molar-refractivity contribution >= 4 is 5.91 Å². The molecule has 1 aromatic heterocycles. The number of carbonyl (C=O) groups is 1. The zero-order chi connectivity index (χ0) is 13.9. The molecule has 2 N–H and O–H groups in total. The summed E-state index contributed by atoms with van der Waals surface area (Å²) in [4.78, 5) is 12.2. The number of aliphatic hydroxyl groups is 1. The Kier molecular flexibility index (Phi) is 4.14. The number of nitrogens with zero attached hydrogens (tertiary/aromatic N) is 2. The van der Waals surface area contributed by atoms with Crippen LogP contribution in [0.2, 0.25) is 0 Å². The molecule has 0 aromatic carbocycles. The summed E-state index contributed by atoms with van der Waals surface area (Å²) >= 11 is 0. The highest BCUT2D eigenvalue weighted by atomic mass is 16.3. The van der Waals surface area contributed by atoms with E-state index in [1.165, 1.54) is 0 Å². The first-order valence-corrected chi connectivity index (χ1v) is 6.76. The Morgan fingerprint density at radius 1 is 1.37 bits per heavy atom. The van der Waals surface area contributed by atoms with Gasteiger partial charge in [0.05, 0.1) is 23.6 Å². The van der Waals surface area contributed by atoms with Crippen LogP contribution in [0.3, 0.4) is 0 Å². The Balaban J connectivity index is 2.03. The van der Waals surface area contributed by atoms with Crippen molar-refractivity contribution in [2.75, 3.05) is 13.2 Å². The van der Waals surface area contributed by atoms with Crippen molar-refractivity contribution in [3.8, 4) is 0 Å². The maximum Gasteiger partial charge on any atom is 0.253 e. The van der Waals surface area contributed by atoms with Gasteiger partial charge < -0.3 is 10.4 Å². The molecule has 2 rings (SSSR count). The molecule has 1 saturated carbocycles. The summed E-state index contributed by atoms with van der Waals surface area (Å²) in [5.74, 6) is -0.129. The summed E-state index contributed by atoms with van der Waals surface area (Å²) in [6.45, 7) is 4.26. The molecule has 19 heavy (non-hydrogen) atoms. The normalized spacial score (nSPS) is 17.4. The van der Waals surface area contributed by atoms with E-state index in [-0.39, 0.29) is 17.9 Å². The maximum atomic E-state index is 12.2. The van der Waals surface area contributed by atoms with Gasteiger partial charge in [0.15, 0.2) is 0 Å². The van der Waals surface area contributed by atoms with Crippen LogP contribution >= 0.6 is 0 Å². The second-order valence-electron chi connectivity index (χ2n) is 5.53. The van der Waals surface area contributed by atoms with Crippen molar-refractivity contribution in [3.05, 3.63) is 23.0 Å². The first-order valence-electron chi connectivity index (χ1n) is 6.76. The van der Waals surface area contributed by atoms with Gasteiger partial charge in [-0.25, -0.2) is 0 Å². The number of aromatic nitrogens is 2. The van der Waals surface area contributed by atoms with E-state index < -0.39 is 0 Å². The molecular formula is C14H21N3O2. The predicted molar refractivity (Wildman–Crippen MR) is 71.8 cm³/mol. The Morgan fingerprint density at radius 2 is 2.05 bits per heavy atom. The predicted octanol–water partition coefficient (Wildman–Crippen LogP) is 1.38. The fraction of sp³-hybridized carbons (Fsp3) is 0.643. The van der Waals surface area contributed by atoms with Crippen molar-refractivity contribution < 1.29 is 9.90 Å². The van der Waals surface area contributed by atoms with Crippen LogP contribution < -0.4 is 5.32 Å². The van der Waals surface area contributed by atoms with Gasteiger partial charge in [0.25, 0.3) is 5.91 Å². The molecule has 1 aromatic rings. The van der Waals surface area contributed by atoms with Gasteiger partial charge in [-0.1, -0.05) is 12.8 Å². The highest BCUT2D eigenvalue weighted by molar-refractivity contribution is 5.95. The molecular weight excluding hydrogens is 242 g/mol. The van der Waals surface area contributed by atoms with Gasteiger partial charge in [-0.15, -0.1) is 0 Å². The van der Waals surface area contributed by atoms with Crippen LogP contribution in [-0.4, -0.2) is 34.4 Å². The fourth-order valence-corrected chi connectivity index (χ4v) is 2.66. The minimum absolute atomic E-state index is 0.126. The van der Waals surface area contributed by atoms with E-state index in [1.54, 1.807) is 13.0 Å². The standard InChI is InChI=1S/C14H21N3O2/c1-10-7-12(11(2)17-16-10)13(19)15-8-14(9-18)5-3-4-6-14/h7,18H,3-6,8-9H2,1-2H3,(H,15,19).